The first-order valence-corrected chi connectivity index (χ1v) is 10.9. The van der Waals surface area contributed by atoms with Gasteiger partial charge in [-0.3, -0.25) is 14.5 Å². The van der Waals surface area contributed by atoms with Crippen molar-refractivity contribution in [2.45, 2.75) is 6.04 Å². The zero-order chi connectivity index (χ0) is 22.2. The summed E-state index contributed by atoms with van der Waals surface area (Å²) in [7, 11) is 0. The first-order chi connectivity index (χ1) is 15.6. The van der Waals surface area contributed by atoms with Crippen LogP contribution in [-0.4, -0.2) is 12.5 Å². The van der Waals surface area contributed by atoms with Gasteiger partial charge < -0.3 is 9.15 Å². The molecule has 2 heterocycles. The number of amides is 1. The van der Waals surface area contributed by atoms with Crippen LogP contribution in [0.4, 0.5) is 5.69 Å². The minimum Gasteiger partial charge on any atom is -0.490 e. The van der Waals surface area contributed by atoms with Gasteiger partial charge in [-0.2, -0.15) is 0 Å². The maximum atomic E-state index is 13.6. The first kappa shape index (κ1) is 20.3. The Morgan fingerprint density at radius 2 is 1.84 bits per heavy atom. The molecule has 0 aliphatic carbocycles. The van der Waals surface area contributed by atoms with Crippen LogP contribution in [0.3, 0.4) is 0 Å². The number of benzene rings is 3. The molecular formula is C26H18BrNO4. The Morgan fingerprint density at radius 3 is 2.66 bits per heavy atom. The minimum atomic E-state index is -0.653. The molecule has 0 radical (unpaired) electrons. The molecule has 1 amide bonds. The molecule has 4 aromatic rings. The number of anilines is 1. The maximum Gasteiger partial charge on any atom is 0.295 e. The van der Waals surface area contributed by atoms with E-state index in [4.69, 9.17) is 9.15 Å². The summed E-state index contributed by atoms with van der Waals surface area (Å²) in [4.78, 5) is 28.7. The fraction of sp³-hybridized carbons (Fsp3) is 0.0769. The number of nitrogens with zero attached hydrogens (tertiary/aromatic N) is 1. The van der Waals surface area contributed by atoms with Crippen LogP contribution in [-0.2, 0) is 0 Å². The molecule has 3 aromatic carbocycles. The average Bonchev–Trinajstić information content (AvgIpc) is 3.10. The van der Waals surface area contributed by atoms with Crippen LogP contribution in [0.25, 0.3) is 11.0 Å². The van der Waals surface area contributed by atoms with Gasteiger partial charge in [-0.05, 0) is 48.0 Å². The van der Waals surface area contributed by atoms with Crippen LogP contribution in [0.5, 0.6) is 5.75 Å². The van der Waals surface area contributed by atoms with E-state index in [2.05, 4.69) is 22.5 Å². The van der Waals surface area contributed by atoms with Gasteiger partial charge in [0.15, 0.2) is 5.43 Å². The van der Waals surface area contributed by atoms with Crippen LogP contribution in [0, 0.1) is 0 Å². The van der Waals surface area contributed by atoms with E-state index in [0.29, 0.717) is 34.6 Å². The number of carbonyl (C=O) groups is 1. The lowest BCUT2D eigenvalue weighted by Gasteiger charge is -2.25. The van der Waals surface area contributed by atoms with Crippen LogP contribution in [0.2, 0.25) is 0 Å². The van der Waals surface area contributed by atoms with Gasteiger partial charge in [0, 0.05) is 10.2 Å². The van der Waals surface area contributed by atoms with Crippen molar-refractivity contribution in [1.82, 2.24) is 0 Å². The molecule has 1 unspecified atom stereocenters. The standard InChI is InChI=1S/C26H18BrNO4/c1-2-13-31-19-10-5-7-16(14-19)23-22-24(29)20-11-3-4-12-21(20)32-25(22)26(30)28(23)18-9-6-8-17(27)15-18/h2-12,14-15,23H,1,13H2. The Kier molecular flexibility index (Phi) is 5.15. The van der Waals surface area contributed by atoms with Gasteiger partial charge in [0.05, 0.1) is 17.0 Å². The fourth-order valence-corrected chi connectivity index (χ4v) is 4.44. The van der Waals surface area contributed by atoms with Gasteiger partial charge in [0.25, 0.3) is 5.91 Å². The van der Waals surface area contributed by atoms with Gasteiger partial charge >= 0.3 is 0 Å². The molecule has 5 rings (SSSR count). The Morgan fingerprint density at radius 1 is 1.03 bits per heavy atom. The number of hydrogen-bond acceptors (Lipinski definition) is 4. The number of rotatable bonds is 5. The second-order valence-corrected chi connectivity index (χ2v) is 8.32. The summed E-state index contributed by atoms with van der Waals surface area (Å²) in [5, 5.41) is 0.444. The Balaban J connectivity index is 1.77. The molecule has 0 bridgehead atoms. The third-order valence-electron chi connectivity index (χ3n) is 5.41. The smallest absolute Gasteiger partial charge is 0.295 e. The van der Waals surface area contributed by atoms with Crippen molar-refractivity contribution in [2.24, 2.45) is 0 Å². The summed E-state index contributed by atoms with van der Waals surface area (Å²) in [6.45, 7) is 4.03. The van der Waals surface area contributed by atoms with Crippen molar-refractivity contribution in [1.29, 1.82) is 0 Å². The van der Waals surface area contributed by atoms with Crippen LogP contribution >= 0.6 is 15.9 Å². The number of carbonyl (C=O) groups excluding carboxylic acids is 1. The van der Waals surface area contributed by atoms with Crippen LogP contribution < -0.4 is 15.1 Å². The maximum absolute atomic E-state index is 13.6. The van der Waals surface area contributed by atoms with E-state index in [1.54, 1.807) is 35.2 Å². The summed E-state index contributed by atoms with van der Waals surface area (Å²) in [5.41, 5.74) is 1.91. The highest BCUT2D eigenvalue weighted by Gasteiger charge is 2.43. The van der Waals surface area contributed by atoms with E-state index in [0.717, 1.165) is 10.0 Å². The highest BCUT2D eigenvalue weighted by atomic mass is 79.9. The summed E-state index contributed by atoms with van der Waals surface area (Å²) < 4.78 is 12.5. The second kappa shape index (κ2) is 8.13. The molecule has 1 aliphatic rings. The highest BCUT2D eigenvalue weighted by molar-refractivity contribution is 9.10. The van der Waals surface area contributed by atoms with Crippen molar-refractivity contribution >= 4 is 38.5 Å². The van der Waals surface area contributed by atoms with Gasteiger partial charge in [0.1, 0.15) is 17.9 Å². The van der Waals surface area contributed by atoms with Crippen LogP contribution in [0.1, 0.15) is 27.7 Å². The van der Waals surface area contributed by atoms with E-state index in [-0.39, 0.29) is 17.1 Å². The third kappa shape index (κ3) is 3.33. The second-order valence-electron chi connectivity index (χ2n) is 7.40. The number of para-hydroxylation sites is 1. The number of hydrogen-bond donors (Lipinski definition) is 0. The third-order valence-corrected chi connectivity index (χ3v) is 5.90. The van der Waals surface area contributed by atoms with Gasteiger partial charge in [-0.25, -0.2) is 0 Å². The lowest BCUT2D eigenvalue weighted by atomic mass is 9.98. The van der Waals surface area contributed by atoms with E-state index in [1.165, 1.54) is 0 Å². The zero-order valence-electron chi connectivity index (χ0n) is 17.0. The molecule has 0 saturated heterocycles. The van der Waals surface area contributed by atoms with Crippen molar-refractivity contribution in [3.8, 4) is 5.75 Å². The van der Waals surface area contributed by atoms with E-state index in [9.17, 15) is 9.59 Å². The summed E-state index contributed by atoms with van der Waals surface area (Å²) in [6, 6.07) is 21.1. The Hall–Kier alpha value is -3.64. The first-order valence-electron chi connectivity index (χ1n) is 10.1. The largest absolute Gasteiger partial charge is 0.490 e. The molecule has 0 saturated carbocycles. The normalized spacial score (nSPS) is 15.1. The highest BCUT2D eigenvalue weighted by Crippen LogP contribution is 2.42. The number of ether oxygens (including phenoxy) is 1. The minimum absolute atomic E-state index is 0.0658. The molecule has 1 aliphatic heterocycles. The molecule has 6 heteroatoms. The molecule has 5 nitrogen and oxygen atoms in total. The van der Waals surface area contributed by atoms with Crippen molar-refractivity contribution in [3.63, 3.8) is 0 Å². The molecule has 32 heavy (non-hydrogen) atoms. The Labute approximate surface area is 192 Å². The molecular weight excluding hydrogens is 470 g/mol. The Bertz CT molecular complexity index is 1430. The van der Waals surface area contributed by atoms with E-state index < -0.39 is 6.04 Å². The van der Waals surface area contributed by atoms with Crippen LogP contribution in [0.15, 0.2) is 99.1 Å². The predicted octanol–water partition coefficient (Wildman–Crippen LogP) is 5.87. The van der Waals surface area contributed by atoms with E-state index in [1.807, 2.05) is 48.5 Å². The summed E-state index contributed by atoms with van der Waals surface area (Å²) in [5.74, 6) is 0.335. The molecule has 0 fully saturated rings. The lowest BCUT2D eigenvalue weighted by molar-refractivity contribution is 0.0971. The zero-order valence-corrected chi connectivity index (χ0v) is 18.5. The molecule has 1 aromatic heterocycles. The molecule has 0 spiro atoms. The van der Waals surface area contributed by atoms with Gasteiger partial charge in [0.2, 0.25) is 5.76 Å². The van der Waals surface area contributed by atoms with Gasteiger partial charge in [-0.1, -0.05) is 58.9 Å². The predicted molar refractivity (Wildman–Crippen MR) is 127 cm³/mol. The lowest BCUT2D eigenvalue weighted by Crippen LogP contribution is -2.29. The number of fused-ring (bicyclic) bond motifs is 2. The SMILES string of the molecule is C=CCOc1cccc(C2c3c(oc4ccccc4c3=O)C(=O)N2c2cccc(Br)c2)c1. The fourth-order valence-electron chi connectivity index (χ4n) is 4.06. The monoisotopic (exact) mass is 487 g/mol. The molecule has 0 N–H and O–H groups in total. The van der Waals surface area contributed by atoms with Crippen molar-refractivity contribution in [2.75, 3.05) is 11.5 Å². The van der Waals surface area contributed by atoms with Crippen molar-refractivity contribution in [3.05, 3.63) is 117 Å². The molecule has 1 atom stereocenters. The van der Waals surface area contributed by atoms with E-state index >= 15 is 0 Å². The summed E-state index contributed by atoms with van der Waals surface area (Å²) >= 11 is 3.48. The topological polar surface area (TPSA) is 59.8 Å². The summed E-state index contributed by atoms with van der Waals surface area (Å²) in [6.07, 6.45) is 1.66. The number of halogens is 1. The average molecular weight is 488 g/mol. The van der Waals surface area contributed by atoms with Crippen molar-refractivity contribution < 1.29 is 13.9 Å². The van der Waals surface area contributed by atoms with Gasteiger partial charge in [-0.15, -0.1) is 0 Å². The molecule has 158 valence electrons. The quantitative estimate of drug-likeness (QED) is 0.330.